The zero-order chi connectivity index (χ0) is 65.4. The number of esters is 4. The van der Waals surface area contributed by atoms with Gasteiger partial charge in [-0.1, -0.05) is 287 Å². The van der Waals surface area contributed by atoms with Crippen molar-refractivity contribution in [2.24, 2.45) is 23.7 Å². The summed E-state index contributed by atoms with van der Waals surface area (Å²) >= 11 is 0. The number of hydrogen-bond acceptors (Lipinski definition) is 15. The highest BCUT2D eigenvalue weighted by Gasteiger charge is 2.30. The molecule has 0 aromatic rings. The number of carbonyl (C=O) groups is 4. The molecule has 5 unspecified atom stereocenters. The molecular weight excluding hydrogens is 1160 g/mol. The number of aliphatic hydroxyl groups is 1. The third-order valence-corrected chi connectivity index (χ3v) is 18.4. The van der Waals surface area contributed by atoms with Gasteiger partial charge in [-0.3, -0.25) is 37.3 Å². The summed E-state index contributed by atoms with van der Waals surface area (Å²) in [7, 11) is -9.90. The number of rotatable bonds is 66. The normalized spacial score (nSPS) is 14.9. The summed E-state index contributed by atoms with van der Waals surface area (Å²) in [5, 5.41) is 10.6. The van der Waals surface area contributed by atoms with Gasteiger partial charge in [0.2, 0.25) is 0 Å². The topological polar surface area (TPSA) is 237 Å². The molecule has 0 saturated carbocycles. The Bertz CT molecular complexity index is 1750. The first-order valence-electron chi connectivity index (χ1n) is 35.8. The van der Waals surface area contributed by atoms with E-state index in [9.17, 15) is 43.2 Å². The van der Waals surface area contributed by atoms with Gasteiger partial charge in [0.05, 0.1) is 26.4 Å². The molecule has 0 heterocycles. The van der Waals surface area contributed by atoms with Crippen LogP contribution in [0.1, 0.15) is 338 Å². The van der Waals surface area contributed by atoms with Crippen molar-refractivity contribution in [2.75, 3.05) is 39.6 Å². The van der Waals surface area contributed by atoms with Gasteiger partial charge < -0.3 is 33.8 Å². The van der Waals surface area contributed by atoms with Crippen LogP contribution < -0.4 is 0 Å². The Labute approximate surface area is 537 Å². The van der Waals surface area contributed by atoms with E-state index in [2.05, 4.69) is 55.4 Å². The number of hydrogen-bond donors (Lipinski definition) is 3. The molecular formula is C69H134O17P2. The molecule has 0 amide bonds. The fourth-order valence-electron chi connectivity index (χ4n) is 10.2. The summed E-state index contributed by atoms with van der Waals surface area (Å²) < 4.78 is 68.2. The van der Waals surface area contributed by atoms with Crippen molar-refractivity contribution >= 4 is 39.5 Å². The lowest BCUT2D eigenvalue weighted by Crippen LogP contribution is -2.30. The number of aliphatic hydroxyl groups excluding tert-OH is 1. The molecule has 19 heteroatoms. The number of carbonyl (C=O) groups excluding carboxylic acids is 4. The van der Waals surface area contributed by atoms with E-state index in [1.54, 1.807) is 0 Å². The number of unbranched alkanes of at least 4 members (excludes halogenated alkanes) is 30. The maximum absolute atomic E-state index is 13.0. The van der Waals surface area contributed by atoms with Crippen molar-refractivity contribution < 1.29 is 80.2 Å². The molecule has 0 fully saturated rings. The molecule has 3 N–H and O–H groups in total. The SMILES string of the molecule is CCC(C)CCCCCCCCCCCCC(=O)O[C@H](COC(=O)CCCCCCCCCCC(C)CC)COP(=O)(O)OCC(O)COP(=O)(O)OC[C@@H](COC(=O)CCCCCCCCCC(C)C)OC(=O)CCCCCCCCCCCC(C)C. The molecule has 0 aliphatic rings. The van der Waals surface area contributed by atoms with Crippen molar-refractivity contribution in [3.63, 3.8) is 0 Å². The van der Waals surface area contributed by atoms with Crippen molar-refractivity contribution in [2.45, 2.75) is 356 Å². The Hall–Kier alpha value is -1.94. The van der Waals surface area contributed by atoms with E-state index in [0.29, 0.717) is 31.6 Å². The second-order valence-electron chi connectivity index (χ2n) is 26.4. The molecule has 0 aliphatic heterocycles. The van der Waals surface area contributed by atoms with Gasteiger partial charge in [0, 0.05) is 25.7 Å². The van der Waals surface area contributed by atoms with Gasteiger partial charge in [0.15, 0.2) is 12.2 Å². The standard InChI is InChI=1S/C69H134O17P2/c1-9-61(7)47-39-31-23-15-11-12-16-26-35-43-51-68(73)85-64(55-79-66(71)49-41-33-25-19-18-24-32-40-48-62(8)10-2)57-83-87(75,76)81-53-63(70)54-82-88(77,78)84-58-65(56-80-67(72)50-42-34-28-20-22-30-38-46-60(5)6)86-69(74)52-44-36-27-17-13-14-21-29-37-45-59(3)4/h59-65,70H,9-58H2,1-8H3,(H,75,76)(H,77,78)/t61?,62?,63?,64-,65-/m1/s1. The maximum Gasteiger partial charge on any atom is 0.472 e. The Morgan fingerprint density at radius 2 is 0.545 bits per heavy atom. The summed E-state index contributed by atoms with van der Waals surface area (Å²) in [4.78, 5) is 72.5. The van der Waals surface area contributed by atoms with E-state index in [1.165, 1.54) is 135 Å². The van der Waals surface area contributed by atoms with E-state index in [4.69, 9.17) is 37.0 Å². The van der Waals surface area contributed by atoms with Crippen molar-refractivity contribution in [1.82, 2.24) is 0 Å². The lowest BCUT2D eigenvalue weighted by atomic mass is 9.99. The van der Waals surface area contributed by atoms with Gasteiger partial charge in [0.25, 0.3) is 0 Å². The van der Waals surface area contributed by atoms with Crippen molar-refractivity contribution in [3.8, 4) is 0 Å². The molecule has 7 atom stereocenters. The van der Waals surface area contributed by atoms with E-state index in [0.717, 1.165) is 114 Å². The van der Waals surface area contributed by atoms with Crippen LogP contribution in [0.4, 0.5) is 0 Å². The fraction of sp³-hybridized carbons (Fsp3) is 0.942. The summed E-state index contributed by atoms with van der Waals surface area (Å²) in [6.45, 7) is 14.1. The van der Waals surface area contributed by atoms with E-state index < -0.39 is 97.5 Å². The smallest absolute Gasteiger partial charge is 0.462 e. The average Bonchev–Trinajstić information content (AvgIpc) is 3.61. The predicted molar refractivity (Wildman–Crippen MR) is 354 cm³/mol. The van der Waals surface area contributed by atoms with Gasteiger partial charge in [-0.05, 0) is 49.4 Å². The first-order valence-corrected chi connectivity index (χ1v) is 38.8. The highest BCUT2D eigenvalue weighted by atomic mass is 31.2. The largest absolute Gasteiger partial charge is 0.472 e. The van der Waals surface area contributed by atoms with Crippen LogP contribution in [0.5, 0.6) is 0 Å². The summed E-state index contributed by atoms with van der Waals surface area (Å²) in [5.41, 5.74) is 0. The Morgan fingerprint density at radius 3 is 0.807 bits per heavy atom. The maximum atomic E-state index is 13.0. The summed E-state index contributed by atoms with van der Waals surface area (Å²) in [6.07, 6.45) is 40.2. The third kappa shape index (κ3) is 60.3. The minimum atomic E-state index is -4.95. The zero-order valence-corrected chi connectivity index (χ0v) is 59.1. The number of phosphoric acid groups is 2. The van der Waals surface area contributed by atoms with E-state index in [-0.39, 0.29) is 25.7 Å². The molecule has 17 nitrogen and oxygen atoms in total. The number of phosphoric ester groups is 2. The minimum Gasteiger partial charge on any atom is -0.462 e. The molecule has 0 aliphatic carbocycles. The third-order valence-electron chi connectivity index (χ3n) is 16.5. The van der Waals surface area contributed by atoms with Crippen LogP contribution in [0.25, 0.3) is 0 Å². The van der Waals surface area contributed by atoms with E-state index in [1.807, 2.05) is 0 Å². The Kier molecular flexibility index (Phi) is 57.6. The van der Waals surface area contributed by atoms with Crippen molar-refractivity contribution in [1.29, 1.82) is 0 Å². The predicted octanol–water partition coefficient (Wildman–Crippen LogP) is 19.3. The highest BCUT2D eigenvalue weighted by molar-refractivity contribution is 7.47. The quantitative estimate of drug-likeness (QED) is 0.0222. The Balaban J connectivity index is 5.27. The molecule has 0 aromatic heterocycles. The monoisotopic (exact) mass is 1300 g/mol. The van der Waals surface area contributed by atoms with Crippen LogP contribution >= 0.6 is 15.6 Å². The van der Waals surface area contributed by atoms with Gasteiger partial charge in [-0.2, -0.15) is 0 Å². The molecule has 0 saturated heterocycles. The minimum absolute atomic E-state index is 0.104. The molecule has 0 spiro atoms. The van der Waals surface area contributed by atoms with Crippen LogP contribution in [0, 0.1) is 23.7 Å². The first kappa shape index (κ1) is 86.1. The highest BCUT2D eigenvalue weighted by Crippen LogP contribution is 2.45. The second-order valence-corrected chi connectivity index (χ2v) is 29.3. The lowest BCUT2D eigenvalue weighted by Gasteiger charge is -2.21. The lowest BCUT2D eigenvalue weighted by molar-refractivity contribution is -0.161. The fourth-order valence-corrected chi connectivity index (χ4v) is 11.8. The van der Waals surface area contributed by atoms with Gasteiger partial charge >= 0.3 is 39.5 Å². The van der Waals surface area contributed by atoms with Crippen LogP contribution in [-0.2, 0) is 65.4 Å². The second kappa shape index (κ2) is 58.8. The molecule has 0 radical (unpaired) electrons. The zero-order valence-electron chi connectivity index (χ0n) is 57.3. The molecule has 522 valence electrons. The molecule has 0 rings (SSSR count). The van der Waals surface area contributed by atoms with Crippen molar-refractivity contribution in [3.05, 3.63) is 0 Å². The molecule has 0 bridgehead atoms. The van der Waals surface area contributed by atoms with E-state index >= 15 is 0 Å². The molecule has 0 aromatic carbocycles. The van der Waals surface area contributed by atoms with Gasteiger partial charge in [-0.15, -0.1) is 0 Å². The van der Waals surface area contributed by atoms with Crippen LogP contribution in [0.3, 0.4) is 0 Å². The Morgan fingerprint density at radius 1 is 0.318 bits per heavy atom. The van der Waals surface area contributed by atoms with Crippen LogP contribution in [0.2, 0.25) is 0 Å². The average molecular weight is 1300 g/mol. The molecule has 88 heavy (non-hydrogen) atoms. The van der Waals surface area contributed by atoms with Gasteiger partial charge in [0.1, 0.15) is 19.3 Å². The van der Waals surface area contributed by atoms with Gasteiger partial charge in [-0.25, -0.2) is 9.13 Å². The van der Waals surface area contributed by atoms with Crippen LogP contribution in [-0.4, -0.2) is 96.7 Å². The summed E-state index contributed by atoms with van der Waals surface area (Å²) in [5.74, 6) is 0.890. The van der Waals surface area contributed by atoms with Crippen LogP contribution in [0.15, 0.2) is 0 Å². The first-order chi connectivity index (χ1) is 42.2. The number of ether oxygens (including phenoxy) is 4. The summed E-state index contributed by atoms with van der Waals surface area (Å²) in [6, 6.07) is 0.